The fourth-order valence-electron chi connectivity index (χ4n) is 1.87. The molecule has 0 aliphatic rings. The summed E-state index contributed by atoms with van der Waals surface area (Å²) < 4.78 is 0. The molecule has 3 nitrogen and oxygen atoms in total. The zero-order valence-corrected chi connectivity index (χ0v) is 11.3. The highest BCUT2D eigenvalue weighted by Crippen LogP contribution is 2.10. The van der Waals surface area contributed by atoms with Crippen molar-refractivity contribution >= 4 is 12.0 Å². The average molecular weight is 261 g/mol. The Labute approximate surface area is 115 Å². The number of aryl methyl sites for hydroxylation is 1. The topological polar surface area (TPSA) is 63.3 Å². The highest BCUT2D eigenvalue weighted by molar-refractivity contribution is 5.66. The standard InChI is InChI=1S/C16H23NO2/c17-13-4-2-1-3-6-14-9-11-15(12-10-14)7-5-8-16(18)19/h3,6,9-12H,1-2,4-5,7-8,13,17H2,(H,18,19)/b6-3+. The molecule has 0 atom stereocenters. The van der Waals surface area contributed by atoms with Gasteiger partial charge in [-0.05, 0) is 49.8 Å². The van der Waals surface area contributed by atoms with Crippen LogP contribution < -0.4 is 5.73 Å². The van der Waals surface area contributed by atoms with Gasteiger partial charge in [0.15, 0.2) is 0 Å². The first-order valence-corrected chi connectivity index (χ1v) is 6.89. The van der Waals surface area contributed by atoms with Crippen LogP contribution in [0.5, 0.6) is 0 Å². The first-order valence-electron chi connectivity index (χ1n) is 6.89. The minimum atomic E-state index is -0.725. The smallest absolute Gasteiger partial charge is 0.303 e. The van der Waals surface area contributed by atoms with Gasteiger partial charge in [0.25, 0.3) is 0 Å². The van der Waals surface area contributed by atoms with E-state index in [4.69, 9.17) is 10.8 Å². The SMILES string of the molecule is NCCCC/C=C/c1ccc(CCCC(=O)O)cc1. The zero-order valence-electron chi connectivity index (χ0n) is 11.3. The number of hydrogen-bond acceptors (Lipinski definition) is 2. The van der Waals surface area contributed by atoms with Crippen molar-refractivity contribution in [2.24, 2.45) is 5.73 Å². The van der Waals surface area contributed by atoms with E-state index >= 15 is 0 Å². The number of allylic oxidation sites excluding steroid dienone is 1. The third kappa shape index (κ3) is 7.42. The Hall–Kier alpha value is -1.61. The summed E-state index contributed by atoms with van der Waals surface area (Å²) in [5.74, 6) is -0.725. The number of aliphatic carboxylic acids is 1. The molecule has 3 N–H and O–H groups in total. The normalized spacial score (nSPS) is 11.0. The van der Waals surface area contributed by atoms with Gasteiger partial charge in [-0.2, -0.15) is 0 Å². The number of benzene rings is 1. The van der Waals surface area contributed by atoms with Gasteiger partial charge in [-0.1, -0.05) is 36.4 Å². The van der Waals surface area contributed by atoms with Crippen molar-refractivity contribution in [1.29, 1.82) is 0 Å². The van der Waals surface area contributed by atoms with Crippen molar-refractivity contribution < 1.29 is 9.90 Å². The second-order valence-electron chi connectivity index (χ2n) is 4.68. The second kappa shape index (κ2) is 9.34. The Morgan fingerprint density at radius 3 is 2.53 bits per heavy atom. The van der Waals surface area contributed by atoms with E-state index in [-0.39, 0.29) is 6.42 Å². The molecule has 0 saturated carbocycles. The molecule has 0 aromatic heterocycles. The van der Waals surface area contributed by atoms with Gasteiger partial charge in [-0.3, -0.25) is 4.79 Å². The fourth-order valence-corrected chi connectivity index (χ4v) is 1.87. The molecule has 0 aliphatic heterocycles. The molecule has 0 heterocycles. The van der Waals surface area contributed by atoms with Gasteiger partial charge in [-0.25, -0.2) is 0 Å². The first kappa shape index (κ1) is 15.4. The van der Waals surface area contributed by atoms with E-state index in [1.165, 1.54) is 11.1 Å². The maximum Gasteiger partial charge on any atom is 0.303 e. The molecule has 0 aliphatic carbocycles. The minimum absolute atomic E-state index is 0.239. The second-order valence-corrected chi connectivity index (χ2v) is 4.68. The van der Waals surface area contributed by atoms with Crippen LogP contribution in [0.15, 0.2) is 30.3 Å². The third-order valence-electron chi connectivity index (χ3n) is 2.97. The van der Waals surface area contributed by atoms with Crippen LogP contribution in [-0.2, 0) is 11.2 Å². The van der Waals surface area contributed by atoms with Crippen LogP contribution in [-0.4, -0.2) is 17.6 Å². The lowest BCUT2D eigenvalue weighted by Gasteiger charge is -2.00. The van der Waals surface area contributed by atoms with E-state index in [9.17, 15) is 4.79 Å². The molecule has 1 aromatic rings. The molecule has 19 heavy (non-hydrogen) atoms. The quantitative estimate of drug-likeness (QED) is 0.671. The monoisotopic (exact) mass is 261 g/mol. The average Bonchev–Trinajstić information content (AvgIpc) is 2.40. The predicted molar refractivity (Wildman–Crippen MR) is 79.0 cm³/mol. The lowest BCUT2D eigenvalue weighted by Crippen LogP contribution is -1.96. The molecule has 1 aromatic carbocycles. The number of rotatable bonds is 9. The van der Waals surface area contributed by atoms with E-state index in [1.807, 2.05) is 0 Å². The van der Waals surface area contributed by atoms with E-state index in [0.29, 0.717) is 6.42 Å². The molecule has 0 bridgehead atoms. The van der Waals surface area contributed by atoms with Crippen LogP contribution in [0.25, 0.3) is 6.08 Å². The number of unbranched alkanes of at least 4 members (excludes halogenated alkanes) is 2. The number of carbonyl (C=O) groups is 1. The Morgan fingerprint density at radius 1 is 1.16 bits per heavy atom. The van der Waals surface area contributed by atoms with E-state index < -0.39 is 5.97 Å². The Bertz CT molecular complexity index is 396. The van der Waals surface area contributed by atoms with Gasteiger partial charge in [0.2, 0.25) is 0 Å². The number of carboxylic acids is 1. The summed E-state index contributed by atoms with van der Waals surface area (Å²) in [4.78, 5) is 10.4. The molecule has 3 heteroatoms. The molecular weight excluding hydrogens is 238 g/mol. The maximum atomic E-state index is 10.4. The number of hydrogen-bond donors (Lipinski definition) is 2. The predicted octanol–water partition coefficient (Wildman–Crippen LogP) is 3.24. The van der Waals surface area contributed by atoms with Crippen molar-refractivity contribution in [1.82, 2.24) is 0 Å². The van der Waals surface area contributed by atoms with Crippen molar-refractivity contribution in [2.75, 3.05) is 6.54 Å². The number of carboxylic acid groups (broad SMARTS) is 1. The molecule has 1 rings (SSSR count). The summed E-state index contributed by atoms with van der Waals surface area (Å²) in [6.07, 6.45) is 9.34. The van der Waals surface area contributed by atoms with Crippen molar-refractivity contribution in [3.8, 4) is 0 Å². The van der Waals surface area contributed by atoms with Crippen molar-refractivity contribution in [3.63, 3.8) is 0 Å². The molecule has 0 radical (unpaired) electrons. The summed E-state index contributed by atoms with van der Waals surface area (Å²) in [5.41, 5.74) is 7.82. The number of nitrogens with two attached hydrogens (primary N) is 1. The third-order valence-corrected chi connectivity index (χ3v) is 2.97. The molecule has 0 saturated heterocycles. The summed E-state index contributed by atoms with van der Waals surface area (Å²) in [6, 6.07) is 8.30. The van der Waals surface area contributed by atoms with Crippen molar-refractivity contribution in [2.45, 2.75) is 38.5 Å². The van der Waals surface area contributed by atoms with Gasteiger partial charge in [-0.15, -0.1) is 0 Å². The van der Waals surface area contributed by atoms with Crippen LogP contribution in [0, 0.1) is 0 Å². The van der Waals surface area contributed by atoms with Crippen LogP contribution >= 0.6 is 0 Å². The highest BCUT2D eigenvalue weighted by Gasteiger charge is 1.98. The molecule has 0 unspecified atom stereocenters. The maximum absolute atomic E-state index is 10.4. The molecule has 0 amide bonds. The largest absolute Gasteiger partial charge is 0.481 e. The molecule has 0 fully saturated rings. The van der Waals surface area contributed by atoms with Crippen molar-refractivity contribution in [3.05, 3.63) is 41.5 Å². The van der Waals surface area contributed by atoms with Gasteiger partial charge in [0.1, 0.15) is 0 Å². The Kier molecular flexibility index (Phi) is 7.59. The zero-order chi connectivity index (χ0) is 13.9. The summed E-state index contributed by atoms with van der Waals surface area (Å²) in [7, 11) is 0. The molecular formula is C16H23NO2. The summed E-state index contributed by atoms with van der Waals surface area (Å²) in [6.45, 7) is 0.763. The van der Waals surface area contributed by atoms with E-state index in [2.05, 4.69) is 36.4 Å². The molecule has 104 valence electrons. The minimum Gasteiger partial charge on any atom is -0.481 e. The summed E-state index contributed by atoms with van der Waals surface area (Å²) in [5, 5.41) is 8.58. The van der Waals surface area contributed by atoms with E-state index in [0.717, 1.165) is 32.2 Å². The first-order chi connectivity index (χ1) is 9.22. The Morgan fingerprint density at radius 2 is 1.89 bits per heavy atom. The van der Waals surface area contributed by atoms with Crippen LogP contribution in [0.4, 0.5) is 0 Å². The van der Waals surface area contributed by atoms with Gasteiger partial charge in [0.05, 0.1) is 0 Å². The van der Waals surface area contributed by atoms with Crippen LogP contribution in [0.3, 0.4) is 0 Å². The van der Waals surface area contributed by atoms with Crippen LogP contribution in [0.1, 0.15) is 43.2 Å². The summed E-state index contributed by atoms with van der Waals surface area (Å²) >= 11 is 0. The van der Waals surface area contributed by atoms with Gasteiger partial charge in [0, 0.05) is 6.42 Å². The Balaban J connectivity index is 2.32. The highest BCUT2D eigenvalue weighted by atomic mass is 16.4. The van der Waals surface area contributed by atoms with Crippen LogP contribution in [0.2, 0.25) is 0 Å². The van der Waals surface area contributed by atoms with Gasteiger partial charge >= 0.3 is 5.97 Å². The van der Waals surface area contributed by atoms with Gasteiger partial charge < -0.3 is 10.8 Å². The lowest BCUT2D eigenvalue weighted by molar-refractivity contribution is -0.137. The van der Waals surface area contributed by atoms with E-state index in [1.54, 1.807) is 0 Å². The fraction of sp³-hybridized carbons (Fsp3) is 0.438. The lowest BCUT2D eigenvalue weighted by atomic mass is 10.1. The molecule has 0 spiro atoms.